The highest BCUT2D eigenvalue weighted by molar-refractivity contribution is 6.04. The average Bonchev–Trinajstić information content (AvgIpc) is 2.98. The molecule has 23 heavy (non-hydrogen) atoms. The molecule has 0 radical (unpaired) electrons. The number of carbonyl (C=O) groups is 1. The lowest BCUT2D eigenvalue weighted by atomic mass is 10.1. The van der Waals surface area contributed by atoms with E-state index in [1.807, 2.05) is 26.0 Å². The van der Waals surface area contributed by atoms with Gasteiger partial charge in [0.1, 0.15) is 5.82 Å². The third kappa shape index (κ3) is 3.26. The zero-order valence-corrected chi connectivity index (χ0v) is 12.6. The van der Waals surface area contributed by atoms with Gasteiger partial charge in [-0.05, 0) is 43.7 Å². The van der Waals surface area contributed by atoms with Crippen LogP contribution in [0.3, 0.4) is 0 Å². The molecule has 6 heteroatoms. The SMILES string of the molecule is Cc1ccc(C)c(C(=O)Nc2nnc(-c3cccc(F)c3)o2)c1. The largest absolute Gasteiger partial charge is 0.403 e. The maximum atomic E-state index is 13.2. The molecule has 1 aromatic heterocycles. The number of anilines is 1. The lowest BCUT2D eigenvalue weighted by molar-refractivity contribution is 0.102. The van der Waals surface area contributed by atoms with E-state index in [2.05, 4.69) is 15.5 Å². The third-order valence-corrected chi connectivity index (χ3v) is 3.35. The minimum Gasteiger partial charge on any atom is -0.403 e. The lowest BCUT2D eigenvalue weighted by Crippen LogP contribution is -2.13. The molecule has 1 amide bonds. The molecule has 0 fully saturated rings. The van der Waals surface area contributed by atoms with Crippen LogP contribution in [0.2, 0.25) is 0 Å². The maximum Gasteiger partial charge on any atom is 0.322 e. The number of carbonyl (C=O) groups excluding carboxylic acids is 1. The Morgan fingerprint density at radius 1 is 1.13 bits per heavy atom. The number of hydrogen-bond acceptors (Lipinski definition) is 4. The maximum absolute atomic E-state index is 13.2. The van der Waals surface area contributed by atoms with Crippen LogP contribution in [0.25, 0.3) is 11.5 Å². The normalized spacial score (nSPS) is 10.6. The minimum atomic E-state index is -0.401. The van der Waals surface area contributed by atoms with Crippen molar-refractivity contribution in [2.45, 2.75) is 13.8 Å². The summed E-state index contributed by atoms with van der Waals surface area (Å²) in [7, 11) is 0. The van der Waals surface area contributed by atoms with Crippen LogP contribution >= 0.6 is 0 Å². The van der Waals surface area contributed by atoms with Crippen molar-refractivity contribution >= 4 is 11.9 Å². The Morgan fingerprint density at radius 3 is 2.74 bits per heavy atom. The second kappa shape index (κ2) is 6.00. The minimum absolute atomic E-state index is 0.0323. The fraction of sp³-hybridized carbons (Fsp3) is 0.118. The molecule has 1 heterocycles. The van der Waals surface area contributed by atoms with E-state index in [-0.39, 0.29) is 17.8 Å². The van der Waals surface area contributed by atoms with Crippen LogP contribution in [0.4, 0.5) is 10.4 Å². The molecule has 0 aliphatic carbocycles. The molecule has 2 aromatic carbocycles. The van der Waals surface area contributed by atoms with Crippen molar-refractivity contribution in [3.63, 3.8) is 0 Å². The van der Waals surface area contributed by atoms with E-state index >= 15 is 0 Å². The summed E-state index contributed by atoms with van der Waals surface area (Å²) in [4.78, 5) is 12.3. The van der Waals surface area contributed by atoms with Crippen molar-refractivity contribution in [3.8, 4) is 11.5 Å². The molecule has 0 aliphatic rings. The second-order valence-corrected chi connectivity index (χ2v) is 5.20. The summed E-state index contributed by atoms with van der Waals surface area (Å²) in [5.41, 5.74) is 2.81. The van der Waals surface area contributed by atoms with Crippen LogP contribution in [0.1, 0.15) is 21.5 Å². The van der Waals surface area contributed by atoms with Gasteiger partial charge in [-0.2, -0.15) is 0 Å². The van der Waals surface area contributed by atoms with Crippen LogP contribution < -0.4 is 5.32 Å². The zero-order chi connectivity index (χ0) is 16.4. The molecule has 3 rings (SSSR count). The van der Waals surface area contributed by atoms with Crippen LogP contribution in [-0.4, -0.2) is 16.1 Å². The highest BCUT2D eigenvalue weighted by Crippen LogP contribution is 2.21. The first-order chi connectivity index (χ1) is 11.0. The Hall–Kier alpha value is -3.02. The van der Waals surface area contributed by atoms with Crippen molar-refractivity contribution < 1.29 is 13.6 Å². The molecule has 0 saturated carbocycles. The molecule has 5 nitrogen and oxygen atoms in total. The molecular weight excluding hydrogens is 297 g/mol. The Balaban J connectivity index is 1.81. The summed E-state index contributed by atoms with van der Waals surface area (Å²) in [6.45, 7) is 3.76. The number of rotatable bonds is 3. The molecule has 0 unspecified atom stereocenters. The summed E-state index contributed by atoms with van der Waals surface area (Å²) >= 11 is 0. The van der Waals surface area contributed by atoms with E-state index in [9.17, 15) is 9.18 Å². The first-order valence-electron chi connectivity index (χ1n) is 7.01. The van der Waals surface area contributed by atoms with E-state index in [0.717, 1.165) is 11.1 Å². The molecular formula is C17H14FN3O2. The van der Waals surface area contributed by atoms with Gasteiger partial charge in [0.2, 0.25) is 5.89 Å². The molecule has 0 bridgehead atoms. The van der Waals surface area contributed by atoms with E-state index in [1.165, 1.54) is 12.1 Å². The number of halogens is 1. The molecule has 0 saturated heterocycles. The summed E-state index contributed by atoms with van der Waals surface area (Å²) in [5.74, 6) is -0.594. The second-order valence-electron chi connectivity index (χ2n) is 5.20. The molecule has 0 spiro atoms. The van der Waals surface area contributed by atoms with Gasteiger partial charge < -0.3 is 4.42 Å². The Kier molecular flexibility index (Phi) is 3.89. The van der Waals surface area contributed by atoms with Gasteiger partial charge in [0.25, 0.3) is 5.91 Å². The van der Waals surface area contributed by atoms with Crippen LogP contribution in [0.15, 0.2) is 46.9 Å². The van der Waals surface area contributed by atoms with E-state index in [4.69, 9.17) is 4.42 Å². The highest BCUT2D eigenvalue weighted by atomic mass is 19.1. The summed E-state index contributed by atoms with van der Waals surface area (Å²) in [6, 6.07) is 11.4. The monoisotopic (exact) mass is 311 g/mol. The quantitative estimate of drug-likeness (QED) is 0.800. The van der Waals surface area contributed by atoms with Crippen molar-refractivity contribution in [1.29, 1.82) is 0 Å². The average molecular weight is 311 g/mol. The van der Waals surface area contributed by atoms with Gasteiger partial charge in [0.05, 0.1) is 0 Å². The third-order valence-electron chi connectivity index (χ3n) is 3.35. The predicted octanol–water partition coefficient (Wildman–Crippen LogP) is 3.74. The molecule has 116 valence electrons. The van der Waals surface area contributed by atoms with Crippen molar-refractivity contribution in [2.24, 2.45) is 0 Å². The predicted molar refractivity (Wildman–Crippen MR) is 83.6 cm³/mol. The Morgan fingerprint density at radius 2 is 1.96 bits per heavy atom. The number of benzene rings is 2. The lowest BCUT2D eigenvalue weighted by Gasteiger charge is -2.05. The smallest absolute Gasteiger partial charge is 0.322 e. The topological polar surface area (TPSA) is 68.0 Å². The molecule has 0 atom stereocenters. The number of aromatic nitrogens is 2. The summed E-state index contributed by atoms with van der Waals surface area (Å²) < 4.78 is 18.6. The highest BCUT2D eigenvalue weighted by Gasteiger charge is 2.14. The van der Waals surface area contributed by atoms with Gasteiger partial charge in [0, 0.05) is 11.1 Å². The number of hydrogen-bond donors (Lipinski definition) is 1. The number of nitrogens with one attached hydrogen (secondary N) is 1. The number of aryl methyl sites for hydroxylation is 2. The fourth-order valence-corrected chi connectivity index (χ4v) is 2.16. The van der Waals surface area contributed by atoms with E-state index in [0.29, 0.717) is 11.1 Å². The summed E-state index contributed by atoms with van der Waals surface area (Å²) in [6.07, 6.45) is 0. The van der Waals surface area contributed by atoms with Crippen LogP contribution in [0, 0.1) is 19.7 Å². The molecule has 3 aromatic rings. The zero-order valence-electron chi connectivity index (χ0n) is 12.6. The van der Waals surface area contributed by atoms with Crippen molar-refractivity contribution in [1.82, 2.24) is 10.2 Å². The molecule has 0 aliphatic heterocycles. The van der Waals surface area contributed by atoms with Crippen molar-refractivity contribution in [2.75, 3.05) is 5.32 Å². The Bertz CT molecular complexity index is 874. The summed E-state index contributed by atoms with van der Waals surface area (Å²) in [5, 5.41) is 10.1. The van der Waals surface area contributed by atoms with Gasteiger partial charge in [-0.15, -0.1) is 5.10 Å². The van der Waals surface area contributed by atoms with E-state index in [1.54, 1.807) is 18.2 Å². The molecule has 1 N–H and O–H groups in total. The van der Waals surface area contributed by atoms with Crippen LogP contribution in [0.5, 0.6) is 0 Å². The van der Waals surface area contributed by atoms with Gasteiger partial charge in [-0.1, -0.05) is 28.9 Å². The van der Waals surface area contributed by atoms with Gasteiger partial charge >= 0.3 is 6.01 Å². The fourth-order valence-electron chi connectivity index (χ4n) is 2.16. The number of nitrogens with zero attached hydrogens (tertiary/aromatic N) is 2. The first-order valence-corrected chi connectivity index (χ1v) is 7.01. The first kappa shape index (κ1) is 14.9. The van der Waals surface area contributed by atoms with Gasteiger partial charge in [-0.3, -0.25) is 10.1 Å². The van der Waals surface area contributed by atoms with Crippen LogP contribution in [-0.2, 0) is 0 Å². The van der Waals surface area contributed by atoms with Gasteiger partial charge in [-0.25, -0.2) is 4.39 Å². The Labute approximate surface area is 132 Å². The van der Waals surface area contributed by atoms with E-state index < -0.39 is 5.82 Å². The number of amides is 1. The van der Waals surface area contributed by atoms with Gasteiger partial charge in [0.15, 0.2) is 0 Å². The van der Waals surface area contributed by atoms with Crippen molar-refractivity contribution in [3.05, 3.63) is 65.0 Å². The standard InChI is InChI=1S/C17H14FN3O2/c1-10-6-7-11(2)14(8-10)15(22)19-17-21-20-16(23-17)12-4-3-5-13(18)9-12/h3-9H,1-2H3,(H,19,21,22).